The zero-order valence-electron chi connectivity index (χ0n) is 17.8. The van der Waals surface area contributed by atoms with Crippen LogP contribution in [0.15, 0.2) is 66.0 Å². The molecule has 0 amide bonds. The van der Waals surface area contributed by atoms with E-state index >= 15 is 0 Å². The number of fused-ring (bicyclic) bond motifs is 1. The van der Waals surface area contributed by atoms with Crippen molar-refractivity contribution in [1.29, 1.82) is 0 Å². The fourth-order valence-electron chi connectivity index (χ4n) is 3.67. The third-order valence-corrected chi connectivity index (χ3v) is 5.92. The molecular formula is C23H17Cl2N7O2. The molecular weight excluding hydrogens is 477 g/mol. The molecule has 0 radical (unpaired) electrons. The minimum absolute atomic E-state index is 0.182. The number of hydrogen-bond acceptors (Lipinski definition) is 7. The van der Waals surface area contributed by atoms with Crippen molar-refractivity contribution in [3.05, 3.63) is 87.1 Å². The standard InChI is InChI=1S/C23H17Cl2N7O2/c1-34-32-22-16(9-15(23(32)33)19-17(24)3-2-4-18(19)25)20(26)29-21(30-22)14-7-5-13(6-8-14)10-31-12-27-11-28-31/h2-9,11-12H,10H2,1H3,(H2,26,29,30). The van der Waals surface area contributed by atoms with Gasteiger partial charge in [0.05, 0.1) is 27.5 Å². The van der Waals surface area contributed by atoms with Crippen LogP contribution in [-0.2, 0) is 6.54 Å². The Hall–Kier alpha value is -3.95. The van der Waals surface area contributed by atoms with Crippen LogP contribution in [0.3, 0.4) is 0 Å². The Balaban J connectivity index is 1.62. The van der Waals surface area contributed by atoms with Crippen LogP contribution < -0.4 is 16.1 Å². The first-order valence-electron chi connectivity index (χ1n) is 10.1. The summed E-state index contributed by atoms with van der Waals surface area (Å²) in [5, 5.41) is 5.19. The van der Waals surface area contributed by atoms with Gasteiger partial charge < -0.3 is 10.6 Å². The topological polar surface area (TPSA) is 114 Å². The van der Waals surface area contributed by atoms with Gasteiger partial charge in [0.25, 0.3) is 5.56 Å². The second-order valence-electron chi connectivity index (χ2n) is 7.40. The van der Waals surface area contributed by atoms with Gasteiger partial charge in [-0.3, -0.25) is 4.79 Å². The molecule has 0 saturated carbocycles. The van der Waals surface area contributed by atoms with E-state index < -0.39 is 5.56 Å². The molecule has 2 aromatic carbocycles. The number of halogens is 2. The molecule has 0 unspecified atom stereocenters. The maximum atomic E-state index is 13.3. The molecule has 0 bridgehead atoms. The molecule has 0 fully saturated rings. The molecule has 5 aromatic rings. The van der Waals surface area contributed by atoms with Gasteiger partial charge in [-0.1, -0.05) is 53.5 Å². The average Bonchev–Trinajstić information content (AvgIpc) is 3.33. The number of nitrogen functional groups attached to an aromatic ring is 1. The normalized spacial score (nSPS) is 11.1. The van der Waals surface area contributed by atoms with Crippen molar-refractivity contribution in [2.24, 2.45) is 0 Å². The highest BCUT2D eigenvalue weighted by atomic mass is 35.5. The van der Waals surface area contributed by atoms with Crippen LogP contribution in [0.2, 0.25) is 10.0 Å². The van der Waals surface area contributed by atoms with Crippen LogP contribution in [0.4, 0.5) is 5.82 Å². The molecule has 9 nitrogen and oxygen atoms in total. The van der Waals surface area contributed by atoms with Crippen LogP contribution in [-0.4, -0.2) is 36.6 Å². The fourth-order valence-corrected chi connectivity index (χ4v) is 4.27. The molecule has 0 spiro atoms. The summed E-state index contributed by atoms with van der Waals surface area (Å²) in [6.45, 7) is 0.581. The summed E-state index contributed by atoms with van der Waals surface area (Å²) in [5.74, 6) is 0.535. The van der Waals surface area contributed by atoms with Crippen molar-refractivity contribution in [3.8, 4) is 22.5 Å². The SMILES string of the molecule is COn1c(=O)c(-c2c(Cl)cccc2Cl)cc2c(N)nc(-c3ccc(Cn4cncn4)cc3)nc21. The summed E-state index contributed by atoms with van der Waals surface area (Å²) in [4.78, 5) is 31.6. The first-order chi connectivity index (χ1) is 16.5. The number of benzene rings is 2. The first kappa shape index (κ1) is 21.9. The second kappa shape index (κ2) is 8.77. The van der Waals surface area contributed by atoms with Gasteiger partial charge in [-0.15, -0.1) is 4.73 Å². The summed E-state index contributed by atoms with van der Waals surface area (Å²) in [6.07, 6.45) is 3.13. The Morgan fingerprint density at radius 2 is 1.79 bits per heavy atom. The van der Waals surface area contributed by atoms with Crippen LogP contribution in [0.5, 0.6) is 0 Å². The zero-order chi connectivity index (χ0) is 23.8. The molecule has 11 heteroatoms. The van der Waals surface area contributed by atoms with E-state index in [1.165, 1.54) is 13.4 Å². The summed E-state index contributed by atoms with van der Waals surface area (Å²) >= 11 is 12.7. The Kier molecular flexibility index (Phi) is 5.64. The van der Waals surface area contributed by atoms with Crippen molar-refractivity contribution in [2.75, 3.05) is 12.8 Å². The van der Waals surface area contributed by atoms with E-state index in [4.69, 9.17) is 33.8 Å². The molecule has 0 aliphatic rings. The largest absolute Gasteiger partial charge is 0.412 e. The lowest BCUT2D eigenvalue weighted by molar-refractivity contribution is 0.168. The van der Waals surface area contributed by atoms with E-state index in [0.717, 1.165) is 15.9 Å². The Labute approximate surface area is 203 Å². The first-order valence-corrected chi connectivity index (χ1v) is 10.9. The van der Waals surface area contributed by atoms with E-state index in [2.05, 4.69) is 20.1 Å². The van der Waals surface area contributed by atoms with E-state index in [1.807, 2.05) is 24.3 Å². The predicted molar refractivity (Wildman–Crippen MR) is 131 cm³/mol. The maximum Gasteiger partial charge on any atom is 0.293 e. The fraction of sp³-hybridized carbons (Fsp3) is 0.0870. The van der Waals surface area contributed by atoms with Crippen LogP contribution in [0.25, 0.3) is 33.5 Å². The van der Waals surface area contributed by atoms with Crippen molar-refractivity contribution in [3.63, 3.8) is 0 Å². The molecule has 0 atom stereocenters. The van der Waals surface area contributed by atoms with Gasteiger partial charge in [0, 0.05) is 11.1 Å². The van der Waals surface area contributed by atoms with Crippen molar-refractivity contribution >= 4 is 40.1 Å². The summed E-state index contributed by atoms with van der Waals surface area (Å²) in [7, 11) is 1.37. The van der Waals surface area contributed by atoms with Crippen LogP contribution in [0.1, 0.15) is 5.56 Å². The van der Waals surface area contributed by atoms with Crippen molar-refractivity contribution in [1.82, 2.24) is 29.5 Å². The Morgan fingerprint density at radius 1 is 1.06 bits per heavy atom. The van der Waals surface area contributed by atoms with Crippen molar-refractivity contribution < 1.29 is 4.84 Å². The number of anilines is 1. The maximum absolute atomic E-state index is 13.3. The molecule has 34 heavy (non-hydrogen) atoms. The highest BCUT2D eigenvalue weighted by Gasteiger charge is 2.20. The molecule has 0 aliphatic carbocycles. The summed E-state index contributed by atoms with van der Waals surface area (Å²) in [6, 6.07) is 14.2. The van der Waals surface area contributed by atoms with Gasteiger partial charge in [-0.25, -0.2) is 19.6 Å². The molecule has 0 aliphatic heterocycles. The Morgan fingerprint density at radius 3 is 2.44 bits per heavy atom. The molecule has 170 valence electrons. The molecule has 3 aromatic heterocycles. The second-order valence-corrected chi connectivity index (χ2v) is 8.21. The van der Waals surface area contributed by atoms with Gasteiger partial charge in [0.1, 0.15) is 25.6 Å². The minimum Gasteiger partial charge on any atom is -0.412 e. The summed E-state index contributed by atoms with van der Waals surface area (Å²) in [5.41, 5.74) is 8.42. The Bertz CT molecular complexity index is 1550. The average molecular weight is 494 g/mol. The van der Waals surface area contributed by atoms with E-state index in [9.17, 15) is 4.79 Å². The van der Waals surface area contributed by atoms with Gasteiger partial charge in [-0.2, -0.15) is 5.10 Å². The number of hydrogen-bond donors (Lipinski definition) is 1. The highest BCUT2D eigenvalue weighted by molar-refractivity contribution is 6.39. The van der Waals surface area contributed by atoms with Crippen LogP contribution in [0, 0.1) is 0 Å². The lowest BCUT2D eigenvalue weighted by atomic mass is 10.1. The van der Waals surface area contributed by atoms with Crippen molar-refractivity contribution in [2.45, 2.75) is 6.54 Å². The van der Waals surface area contributed by atoms with E-state index in [1.54, 1.807) is 35.3 Å². The quantitative estimate of drug-likeness (QED) is 0.396. The molecule has 2 N–H and O–H groups in total. The number of nitrogens with two attached hydrogens (primary N) is 1. The van der Waals surface area contributed by atoms with Crippen LogP contribution >= 0.6 is 23.2 Å². The monoisotopic (exact) mass is 493 g/mol. The minimum atomic E-state index is -0.475. The lowest BCUT2D eigenvalue weighted by Crippen LogP contribution is -2.27. The van der Waals surface area contributed by atoms with Gasteiger partial charge in [-0.05, 0) is 23.8 Å². The third kappa shape index (κ3) is 3.85. The number of pyridine rings is 1. The highest BCUT2D eigenvalue weighted by Crippen LogP contribution is 2.34. The lowest BCUT2D eigenvalue weighted by Gasteiger charge is -2.14. The smallest absolute Gasteiger partial charge is 0.293 e. The third-order valence-electron chi connectivity index (χ3n) is 5.29. The molecule has 5 rings (SSSR count). The van der Waals surface area contributed by atoms with E-state index in [-0.39, 0.29) is 17.0 Å². The summed E-state index contributed by atoms with van der Waals surface area (Å²) < 4.78 is 2.78. The molecule has 0 saturated heterocycles. The number of nitrogens with zero attached hydrogens (tertiary/aromatic N) is 6. The van der Waals surface area contributed by atoms with Gasteiger partial charge >= 0.3 is 0 Å². The van der Waals surface area contributed by atoms with Gasteiger partial charge in [0.15, 0.2) is 11.5 Å². The number of rotatable bonds is 5. The zero-order valence-corrected chi connectivity index (χ0v) is 19.3. The van der Waals surface area contributed by atoms with E-state index in [0.29, 0.717) is 33.4 Å². The number of aromatic nitrogens is 6. The molecule has 3 heterocycles. The predicted octanol–water partition coefficient (Wildman–Crippen LogP) is 3.71. The van der Waals surface area contributed by atoms with Gasteiger partial charge in [0.2, 0.25) is 0 Å².